The minimum atomic E-state index is 0.228. The van der Waals surface area contributed by atoms with Crippen LogP contribution in [0.15, 0.2) is 48.5 Å². The van der Waals surface area contributed by atoms with Crippen LogP contribution in [0.3, 0.4) is 0 Å². The summed E-state index contributed by atoms with van der Waals surface area (Å²) in [5.41, 5.74) is 4.65. The standard InChI is InChI=1S/C25H28N2O/c28-25(22-13-12-21-10-4-6-15-26-24(21)19-22)14-17-27-16-7-5-11-23(27)18-20-8-2-1-3-9-20/h1-3,8-9,12-13,19,23,26H,4,6,10-11,14-18H2. The van der Waals surface area contributed by atoms with Crippen LogP contribution in [0.25, 0.3) is 0 Å². The molecule has 0 fully saturated rings. The van der Waals surface area contributed by atoms with Crippen LogP contribution in [0.4, 0.5) is 5.69 Å². The van der Waals surface area contributed by atoms with Crippen molar-refractivity contribution in [2.75, 3.05) is 25.0 Å². The fourth-order valence-corrected chi connectivity index (χ4v) is 4.14. The molecule has 0 spiro atoms. The number of carbonyl (C=O) groups is 1. The number of anilines is 1. The highest BCUT2D eigenvalue weighted by molar-refractivity contribution is 5.97. The Bertz CT molecular complexity index is 878. The summed E-state index contributed by atoms with van der Waals surface area (Å²) in [5.74, 6) is 6.70. The second-order valence-corrected chi connectivity index (χ2v) is 7.80. The average molecular weight is 373 g/mol. The van der Waals surface area contributed by atoms with E-state index in [9.17, 15) is 4.79 Å². The van der Waals surface area contributed by atoms with Crippen molar-refractivity contribution in [1.82, 2.24) is 4.90 Å². The highest BCUT2D eigenvalue weighted by atomic mass is 16.1. The molecule has 144 valence electrons. The maximum Gasteiger partial charge on any atom is 0.164 e. The van der Waals surface area contributed by atoms with Crippen molar-refractivity contribution < 1.29 is 4.79 Å². The van der Waals surface area contributed by atoms with E-state index in [1.165, 1.54) is 24.0 Å². The van der Waals surface area contributed by atoms with E-state index in [0.717, 1.165) is 50.1 Å². The summed E-state index contributed by atoms with van der Waals surface area (Å²) in [4.78, 5) is 15.2. The van der Waals surface area contributed by atoms with Crippen LogP contribution in [0, 0.1) is 11.8 Å². The molecule has 0 bridgehead atoms. The Labute approximate surface area is 168 Å². The molecule has 3 heteroatoms. The Balaban J connectivity index is 1.38. The molecule has 0 radical (unpaired) electrons. The number of benzene rings is 2. The smallest absolute Gasteiger partial charge is 0.164 e. The van der Waals surface area contributed by atoms with Crippen LogP contribution in [0.1, 0.15) is 47.2 Å². The zero-order valence-electron chi connectivity index (χ0n) is 16.4. The Hall–Kier alpha value is -2.57. The summed E-state index contributed by atoms with van der Waals surface area (Å²) in [6, 6.07) is 17.2. The maximum absolute atomic E-state index is 12.8. The largest absolute Gasteiger partial charge is 0.385 e. The number of nitrogens with zero attached hydrogens (tertiary/aromatic N) is 1. The number of Topliss-reactive ketones (excluding diaryl/α,β-unsaturated/α-hetero) is 1. The topological polar surface area (TPSA) is 32.3 Å². The summed E-state index contributed by atoms with van der Waals surface area (Å²) >= 11 is 0. The molecule has 0 saturated carbocycles. The van der Waals surface area contributed by atoms with Gasteiger partial charge in [0, 0.05) is 43.2 Å². The molecule has 2 aromatic carbocycles. The number of carbonyl (C=O) groups excluding carboxylic acids is 1. The molecule has 2 aliphatic rings. The van der Waals surface area contributed by atoms with Gasteiger partial charge >= 0.3 is 0 Å². The molecule has 2 heterocycles. The molecular formula is C25H28N2O. The van der Waals surface area contributed by atoms with Crippen molar-refractivity contribution in [2.24, 2.45) is 0 Å². The van der Waals surface area contributed by atoms with E-state index in [4.69, 9.17) is 0 Å². The molecular weight excluding hydrogens is 344 g/mol. The fourth-order valence-electron chi connectivity index (χ4n) is 4.14. The SMILES string of the molecule is O=C(CCN1CC#CCC1Cc1ccccc1)c1ccc2c(c1)NCCCC2. The fraction of sp³-hybridized carbons (Fsp3) is 0.400. The van der Waals surface area contributed by atoms with Gasteiger partial charge in [0.2, 0.25) is 0 Å². The number of nitrogens with one attached hydrogen (secondary N) is 1. The molecule has 28 heavy (non-hydrogen) atoms. The summed E-state index contributed by atoms with van der Waals surface area (Å²) in [6.45, 7) is 2.53. The van der Waals surface area contributed by atoms with Gasteiger partial charge in [0.25, 0.3) is 0 Å². The summed E-state index contributed by atoms with van der Waals surface area (Å²) in [5, 5.41) is 3.48. The van der Waals surface area contributed by atoms with Gasteiger partial charge in [-0.25, -0.2) is 0 Å². The first-order valence-electron chi connectivity index (χ1n) is 10.4. The van der Waals surface area contributed by atoms with Crippen LogP contribution in [0.5, 0.6) is 0 Å². The van der Waals surface area contributed by atoms with Crippen LogP contribution in [-0.4, -0.2) is 36.4 Å². The van der Waals surface area contributed by atoms with E-state index in [0.29, 0.717) is 12.5 Å². The molecule has 4 rings (SSSR count). The van der Waals surface area contributed by atoms with Gasteiger partial charge in [-0.3, -0.25) is 9.69 Å². The lowest BCUT2D eigenvalue weighted by molar-refractivity contribution is 0.0955. The van der Waals surface area contributed by atoms with Crippen LogP contribution >= 0.6 is 0 Å². The van der Waals surface area contributed by atoms with Crippen molar-refractivity contribution in [3.63, 3.8) is 0 Å². The Kier molecular flexibility index (Phi) is 6.09. The van der Waals surface area contributed by atoms with Crippen molar-refractivity contribution in [3.8, 4) is 11.8 Å². The third-order valence-electron chi connectivity index (χ3n) is 5.82. The second-order valence-electron chi connectivity index (χ2n) is 7.80. The van der Waals surface area contributed by atoms with Gasteiger partial charge in [0.05, 0.1) is 6.54 Å². The van der Waals surface area contributed by atoms with E-state index < -0.39 is 0 Å². The molecule has 3 nitrogen and oxygen atoms in total. The van der Waals surface area contributed by atoms with Gasteiger partial charge in [-0.2, -0.15) is 0 Å². The van der Waals surface area contributed by atoms with Gasteiger partial charge < -0.3 is 5.32 Å². The maximum atomic E-state index is 12.8. The second kappa shape index (κ2) is 9.08. The lowest BCUT2D eigenvalue weighted by atomic mass is 9.98. The van der Waals surface area contributed by atoms with Gasteiger partial charge in [-0.15, -0.1) is 5.92 Å². The summed E-state index contributed by atoms with van der Waals surface area (Å²) < 4.78 is 0. The minimum absolute atomic E-state index is 0.228. The number of rotatable bonds is 6. The monoisotopic (exact) mass is 372 g/mol. The summed E-state index contributed by atoms with van der Waals surface area (Å²) in [6.07, 6.45) is 5.93. The highest BCUT2D eigenvalue weighted by Crippen LogP contribution is 2.24. The van der Waals surface area contributed by atoms with Gasteiger partial charge in [0.15, 0.2) is 5.78 Å². The van der Waals surface area contributed by atoms with Gasteiger partial charge in [0.1, 0.15) is 0 Å². The first-order chi connectivity index (χ1) is 13.8. The van der Waals surface area contributed by atoms with Crippen molar-refractivity contribution in [2.45, 2.75) is 44.6 Å². The summed E-state index contributed by atoms with van der Waals surface area (Å²) in [7, 11) is 0. The molecule has 0 aromatic heterocycles. The zero-order chi connectivity index (χ0) is 19.2. The Morgan fingerprint density at radius 1 is 1.11 bits per heavy atom. The van der Waals surface area contributed by atoms with Crippen molar-refractivity contribution in [3.05, 3.63) is 65.2 Å². The molecule has 1 N–H and O–H groups in total. The lowest BCUT2D eigenvalue weighted by Gasteiger charge is -2.31. The quantitative estimate of drug-likeness (QED) is 0.605. The molecule has 0 amide bonds. The van der Waals surface area contributed by atoms with Gasteiger partial charge in [-0.1, -0.05) is 48.4 Å². The van der Waals surface area contributed by atoms with E-state index in [1.807, 2.05) is 6.07 Å². The predicted molar refractivity (Wildman–Crippen MR) is 115 cm³/mol. The first kappa shape index (κ1) is 18.8. The zero-order valence-corrected chi connectivity index (χ0v) is 16.4. The molecule has 0 aliphatic carbocycles. The van der Waals surface area contributed by atoms with Crippen molar-refractivity contribution in [1.29, 1.82) is 0 Å². The lowest BCUT2D eigenvalue weighted by Crippen LogP contribution is -2.40. The Morgan fingerprint density at radius 2 is 2.00 bits per heavy atom. The normalized spacial score (nSPS) is 18.9. The van der Waals surface area contributed by atoms with E-state index in [2.05, 4.69) is 64.5 Å². The third-order valence-corrected chi connectivity index (χ3v) is 5.82. The Morgan fingerprint density at radius 3 is 2.89 bits per heavy atom. The van der Waals surface area contributed by atoms with E-state index >= 15 is 0 Å². The molecule has 1 unspecified atom stereocenters. The van der Waals surface area contributed by atoms with Crippen molar-refractivity contribution >= 4 is 11.5 Å². The van der Waals surface area contributed by atoms with Crippen LogP contribution in [0.2, 0.25) is 0 Å². The predicted octanol–water partition coefficient (Wildman–Crippen LogP) is 4.33. The molecule has 2 aromatic rings. The number of aryl methyl sites for hydroxylation is 1. The van der Waals surface area contributed by atoms with E-state index in [1.54, 1.807) is 0 Å². The minimum Gasteiger partial charge on any atom is -0.385 e. The number of ketones is 1. The van der Waals surface area contributed by atoms with E-state index in [-0.39, 0.29) is 5.78 Å². The third kappa shape index (κ3) is 4.64. The first-order valence-corrected chi connectivity index (χ1v) is 10.4. The number of fused-ring (bicyclic) bond motifs is 1. The van der Waals surface area contributed by atoms with Gasteiger partial charge in [-0.05, 0) is 42.9 Å². The average Bonchev–Trinajstić information content (AvgIpc) is 2.98. The van der Waals surface area contributed by atoms with Crippen LogP contribution < -0.4 is 5.32 Å². The molecule has 2 aliphatic heterocycles. The molecule has 1 atom stereocenters. The highest BCUT2D eigenvalue weighted by Gasteiger charge is 2.21. The number of hydrogen-bond acceptors (Lipinski definition) is 3. The van der Waals surface area contributed by atoms with Crippen LogP contribution in [-0.2, 0) is 12.8 Å². The molecule has 0 saturated heterocycles. The number of hydrogen-bond donors (Lipinski definition) is 1.